The Bertz CT molecular complexity index is 533. The van der Waals surface area contributed by atoms with Gasteiger partial charge in [-0.25, -0.2) is 9.37 Å². The molecule has 0 saturated heterocycles. The van der Waals surface area contributed by atoms with Gasteiger partial charge in [-0.2, -0.15) is 0 Å². The van der Waals surface area contributed by atoms with Gasteiger partial charge in [-0.1, -0.05) is 0 Å². The van der Waals surface area contributed by atoms with Gasteiger partial charge in [0.1, 0.15) is 10.8 Å². The van der Waals surface area contributed by atoms with Crippen molar-refractivity contribution in [1.82, 2.24) is 4.98 Å². The van der Waals surface area contributed by atoms with Gasteiger partial charge in [-0.15, -0.1) is 11.3 Å². The van der Waals surface area contributed by atoms with Crippen molar-refractivity contribution in [3.8, 4) is 11.3 Å². The van der Waals surface area contributed by atoms with Crippen molar-refractivity contribution in [2.45, 2.75) is 13.0 Å². The van der Waals surface area contributed by atoms with Crippen LogP contribution < -0.4 is 5.73 Å². The molecule has 2 aromatic rings. The van der Waals surface area contributed by atoms with Crippen LogP contribution in [0.3, 0.4) is 0 Å². The summed E-state index contributed by atoms with van der Waals surface area (Å²) in [5.74, 6) is -0.178. The van der Waals surface area contributed by atoms with E-state index >= 15 is 0 Å². The van der Waals surface area contributed by atoms with E-state index in [-0.39, 0.29) is 5.82 Å². The average Bonchev–Trinajstić information content (AvgIpc) is 2.73. The van der Waals surface area contributed by atoms with Crippen LogP contribution in [-0.4, -0.2) is 4.98 Å². The third-order valence-corrected chi connectivity index (χ3v) is 3.67. The molecule has 3 rings (SSSR count). The molecule has 0 amide bonds. The van der Waals surface area contributed by atoms with E-state index in [2.05, 4.69) is 4.98 Å². The zero-order valence-corrected chi connectivity index (χ0v) is 8.77. The molecule has 2 N–H and O–H groups in total. The van der Waals surface area contributed by atoms with Crippen molar-refractivity contribution in [2.75, 3.05) is 0 Å². The topological polar surface area (TPSA) is 38.9 Å². The van der Waals surface area contributed by atoms with E-state index in [4.69, 9.17) is 5.73 Å². The molecule has 76 valence electrons. The molecule has 0 unspecified atom stereocenters. The number of rotatable bonds is 1. The van der Waals surface area contributed by atoms with Crippen LogP contribution in [0.5, 0.6) is 0 Å². The molecule has 1 aromatic heterocycles. The molecule has 15 heavy (non-hydrogen) atoms. The molecule has 1 heterocycles. The van der Waals surface area contributed by atoms with Crippen LogP contribution in [0.2, 0.25) is 0 Å². The molecule has 0 radical (unpaired) electrons. The van der Waals surface area contributed by atoms with Crippen LogP contribution in [-0.2, 0) is 13.0 Å². The number of fused-ring (bicyclic) bond motifs is 3. The van der Waals surface area contributed by atoms with Gasteiger partial charge < -0.3 is 5.73 Å². The minimum Gasteiger partial charge on any atom is -0.325 e. The lowest BCUT2D eigenvalue weighted by molar-refractivity contribution is 0.626. The summed E-state index contributed by atoms with van der Waals surface area (Å²) in [6.07, 6.45) is 0.792. The second kappa shape index (κ2) is 3.12. The summed E-state index contributed by atoms with van der Waals surface area (Å²) >= 11 is 1.63. The quantitative estimate of drug-likeness (QED) is 0.683. The monoisotopic (exact) mass is 220 g/mol. The summed E-state index contributed by atoms with van der Waals surface area (Å²) < 4.78 is 13.0. The third kappa shape index (κ3) is 1.29. The zero-order chi connectivity index (χ0) is 10.4. The van der Waals surface area contributed by atoms with Gasteiger partial charge in [-0.05, 0) is 23.8 Å². The van der Waals surface area contributed by atoms with Crippen LogP contribution in [0.4, 0.5) is 4.39 Å². The van der Waals surface area contributed by atoms with Crippen molar-refractivity contribution in [3.05, 3.63) is 39.5 Å². The van der Waals surface area contributed by atoms with Crippen molar-refractivity contribution < 1.29 is 4.39 Å². The SMILES string of the molecule is NCc1nc2c(s1)Cc1cc(F)ccc1-2. The maximum absolute atomic E-state index is 13.0. The first-order valence-electron chi connectivity index (χ1n) is 4.75. The van der Waals surface area contributed by atoms with Crippen molar-refractivity contribution in [1.29, 1.82) is 0 Å². The summed E-state index contributed by atoms with van der Waals surface area (Å²) in [6.45, 7) is 0.480. The van der Waals surface area contributed by atoms with Gasteiger partial charge in [0.2, 0.25) is 0 Å². The first kappa shape index (κ1) is 9.00. The highest BCUT2D eigenvalue weighted by atomic mass is 32.1. The number of benzene rings is 1. The lowest BCUT2D eigenvalue weighted by atomic mass is 10.1. The number of aromatic nitrogens is 1. The predicted octanol–water partition coefficient (Wildman–Crippen LogP) is 2.31. The van der Waals surface area contributed by atoms with E-state index in [1.807, 2.05) is 0 Å². The molecule has 0 fully saturated rings. The van der Waals surface area contributed by atoms with E-state index in [0.717, 1.165) is 28.2 Å². The zero-order valence-electron chi connectivity index (χ0n) is 7.96. The molecule has 1 aliphatic carbocycles. The Hall–Kier alpha value is -1.26. The number of hydrogen-bond acceptors (Lipinski definition) is 3. The summed E-state index contributed by atoms with van der Waals surface area (Å²) in [5, 5.41) is 0.954. The summed E-state index contributed by atoms with van der Waals surface area (Å²) in [5.41, 5.74) is 8.63. The van der Waals surface area contributed by atoms with Gasteiger partial charge in [0.15, 0.2) is 0 Å². The summed E-state index contributed by atoms with van der Waals surface area (Å²) in [4.78, 5) is 5.66. The first-order chi connectivity index (χ1) is 7.28. The molecule has 0 bridgehead atoms. The fraction of sp³-hybridized carbons (Fsp3) is 0.182. The summed E-state index contributed by atoms with van der Waals surface area (Å²) in [6, 6.07) is 4.87. The number of hydrogen-bond donors (Lipinski definition) is 1. The average molecular weight is 220 g/mol. The van der Waals surface area contributed by atoms with E-state index in [1.54, 1.807) is 23.5 Å². The summed E-state index contributed by atoms with van der Waals surface area (Å²) in [7, 11) is 0. The smallest absolute Gasteiger partial charge is 0.123 e. The van der Waals surface area contributed by atoms with E-state index in [0.29, 0.717) is 6.54 Å². The van der Waals surface area contributed by atoms with Crippen LogP contribution in [0.1, 0.15) is 15.4 Å². The molecule has 0 aliphatic heterocycles. The Kier molecular flexibility index (Phi) is 1.87. The lowest BCUT2D eigenvalue weighted by Crippen LogP contribution is -1.95. The largest absolute Gasteiger partial charge is 0.325 e. The predicted molar refractivity (Wildman–Crippen MR) is 58.2 cm³/mol. The number of thiazole rings is 1. The molecule has 0 atom stereocenters. The highest BCUT2D eigenvalue weighted by molar-refractivity contribution is 7.12. The molecule has 0 saturated carbocycles. The molecular formula is C11H9FN2S. The molecule has 4 heteroatoms. The Morgan fingerprint density at radius 2 is 2.33 bits per heavy atom. The Morgan fingerprint density at radius 3 is 3.13 bits per heavy atom. The lowest BCUT2D eigenvalue weighted by Gasteiger charge is -1.98. The third-order valence-electron chi connectivity index (χ3n) is 2.59. The highest BCUT2D eigenvalue weighted by Gasteiger charge is 2.23. The van der Waals surface area contributed by atoms with E-state index in [1.165, 1.54) is 10.9 Å². The first-order valence-corrected chi connectivity index (χ1v) is 5.57. The van der Waals surface area contributed by atoms with Crippen LogP contribution in [0.25, 0.3) is 11.3 Å². The molecular weight excluding hydrogens is 211 g/mol. The number of nitrogens with zero attached hydrogens (tertiary/aromatic N) is 1. The number of nitrogens with two attached hydrogens (primary N) is 1. The van der Waals surface area contributed by atoms with Crippen LogP contribution >= 0.6 is 11.3 Å². The second-order valence-corrected chi connectivity index (χ2v) is 4.73. The van der Waals surface area contributed by atoms with Gasteiger partial charge in [0, 0.05) is 23.4 Å². The second-order valence-electron chi connectivity index (χ2n) is 3.56. The Morgan fingerprint density at radius 1 is 1.47 bits per heavy atom. The van der Waals surface area contributed by atoms with Gasteiger partial charge in [-0.3, -0.25) is 0 Å². The normalized spacial score (nSPS) is 12.7. The maximum atomic E-state index is 13.0. The van der Waals surface area contributed by atoms with Crippen LogP contribution in [0, 0.1) is 5.82 Å². The number of halogens is 1. The maximum Gasteiger partial charge on any atom is 0.123 e. The van der Waals surface area contributed by atoms with E-state index < -0.39 is 0 Å². The van der Waals surface area contributed by atoms with Crippen molar-refractivity contribution in [2.24, 2.45) is 5.73 Å². The highest BCUT2D eigenvalue weighted by Crippen LogP contribution is 2.39. The molecule has 0 spiro atoms. The van der Waals surface area contributed by atoms with E-state index in [9.17, 15) is 4.39 Å². The fourth-order valence-corrected chi connectivity index (χ4v) is 2.92. The standard InChI is InChI=1S/C11H9FN2S/c12-7-1-2-8-6(3-7)4-9-11(8)14-10(5-13)15-9/h1-3H,4-5,13H2. The van der Waals surface area contributed by atoms with Gasteiger partial charge in [0.25, 0.3) is 0 Å². The molecule has 1 aromatic carbocycles. The minimum absolute atomic E-state index is 0.178. The Labute approximate surface area is 90.6 Å². The van der Waals surface area contributed by atoms with Crippen molar-refractivity contribution in [3.63, 3.8) is 0 Å². The minimum atomic E-state index is -0.178. The van der Waals surface area contributed by atoms with Gasteiger partial charge in [0.05, 0.1) is 5.69 Å². The fourth-order valence-electron chi connectivity index (χ4n) is 1.93. The molecule has 2 nitrogen and oxygen atoms in total. The molecule has 1 aliphatic rings. The Balaban J connectivity index is 2.17. The van der Waals surface area contributed by atoms with Crippen molar-refractivity contribution >= 4 is 11.3 Å². The van der Waals surface area contributed by atoms with Gasteiger partial charge >= 0.3 is 0 Å². The van der Waals surface area contributed by atoms with Crippen LogP contribution in [0.15, 0.2) is 18.2 Å².